The molecule has 2 aromatic heterocycles. The van der Waals surface area contributed by atoms with Crippen LogP contribution < -0.4 is 9.64 Å². The third kappa shape index (κ3) is 3.98. The Morgan fingerprint density at radius 2 is 1.75 bits per heavy atom. The number of carbonyl (C=O) groups excluding carboxylic acids is 1. The van der Waals surface area contributed by atoms with Gasteiger partial charge in [-0.15, -0.1) is 0 Å². The van der Waals surface area contributed by atoms with E-state index in [-0.39, 0.29) is 11.6 Å². The number of hydrogen-bond acceptors (Lipinski definition) is 6. The zero-order chi connectivity index (χ0) is 21.9. The molecular weight excluding hydrogens is 422 g/mol. The van der Waals surface area contributed by atoms with E-state index in [1.54, 1.807) is 18.1 Å². The molecular formula is C25H19N3O3S. The molecule has 2 heterocycles. The van der Waals surface area contributed by atoms with Crippen molar-refractivity contribution in [3.05, 3.63) is 96.2 Å². The zero-order valence-corrected chi connectivity index (χ0v) is 18.1. The highest BCUT2D eigenvalue weighted by molar-refractivity contribution is 7.22. The van der Waals surface area contributed by atoms with Crippen LogP contribution in [0.4, 0.5) is 5.13 Å². The van der Waals surface area contributed by atoms with Gasteiger partial charge in [-0.1, -0.05) is 77.2 Å². The van der Waals surface area contributed by atoms with E-state index in [0.29, 0.717) is 17.4 Å². The maximum absolute atomic E-state index is 13.5. The average molecular weight is 442 g/mol. The molecule has 0 saturated carbocycles. The van der Waals surface area contributed by atoms with Crippen LogP contribution in [0, 0.1) is 0 Å². The molecule has 0 aliphatic carbocycles. The van der Waals surface area contributed by atoms with Crippen LogP contribution in [0.2, 0.25) is 0 Å². The molecule has 32 heavy (non-hydrogen) atoms. The summed E-state index contributed by atoms with van der Waals surface area (Å²) in [6.07, 6.45) is 0. The van der Waals surface area contributed by atoms with Crippen molar-refractivity contribution in [2.75, 3.05) is 12.0 Å². The molecule has 0 radical (unpaired) electrons. The maximum Gasteiger partial charge on any atom is 0.282 e. The predicted molar refractivity (Wildman–Crippen MR) is 125 cm³/mol. The van der Waals surface area contributed by atoms with Gasteiger partial charge in [-0.3, -0.25) is 9.69 Å². The van der Waals surface area contributed by atoms with E-state index in [2.05, 4.69) is 5.16 Å². The predicted octanol–water partition coefficient (Wildman–Crippen LogP) is 5.81. The number of rotatable bonds is 6. The summed E-state index contributed by atoms with van der Waals surface area (Å²) >= 11 is 1.45. The molecule has 0 N–H and O–H groups in total. The molecule has 6 nitrogen and oxygen atoms in total. The number of anilines is 1. The van der Waals surface area contributed by atoms with Crippen molar-refractivity contribution in [2.24, 2.45) is 0 Å². The summed E-state index contributed by atoms with van der Waals surface area (Å²) in [5, 5.41) is 4.64. The molecule has 3 aromatic carbocycles. The monoisotopic (exact) mass is 441 g/mol. The highest BCUT2D eigenvalue weighted by atomic mass is 32.1. The fraction of sp³-hybridized carbons (Fsp3) is 0.0800. The Hall–Kier alpha value is -3.97. The number of thiazole rings is 1. The van der Waals surface area contributed by atoms with Gasteiger partial charge in [0.1, 0.15) is 5.75 Å². The summed E-state index contributed by atoms with van der Waals surface area (Å²) in [5.41, 5.74) is 2.86. The molecule has 5 rings (SSSR count). The van der Waals surface area contributed by atoms with E-state index >= 15 is 0 Å². The summed E-state index contributed by atoms with van der Waals surface area (Å²) in [5.74, 6) is 0.993. The summed E-state index contributed by atoms with van der Waals surface area (Å²) in [7, 11) is 1.62. The van der Waals surface area contributed by atoms with E-state index in [0.717, 1.165) is 27.1 Å². The number of nitrogens with zero attached hydrogens (tertiary/aromatic N) is 3. The molecule has 5 aromatic rings. The average Bonchev–Trinajstić information content (AvgIpc) is 3.50. The lowest BCUT2D eigenvalue weighted by atomic mass is 10.1. The van der Waals surface area contributed by atoms with Crippen molar-refractivity contribution in [1.82, 2.24) is 10.1 Å². The molecule has 0 aliphatic heterocycles. The van der Waals surface area contributed by atoms with Crippen LogP contribution in [0.25, 0.3) is 21.5 Å². The fourth-order valence-electron chi connectivity index (χ4n) is 3.38. The molecule has 0 fully saturated rings. The first-order valence-corrected chi connectivity index (χ1v) is 10.9. The number of ether oxygens (including phenoxy) is 1. The number of methoxy groups -OCH3 is 1. The summed E-state index contributed by atoms with van der Waals surface area (Å²) in [6, 6.07) is 26.8. The van der Waals surface area contributed by atoms with Crippen LogP contribution in [0.5, 0.6) is 5.75 Å². The zero-order valence-electron chi connectivity index (χ0n) is 17.3. The normalized spacial score (nSPS) is 10.9. The quantitative estimate of drug-likeness (QED) is 0.333. The van der Waals surface area contributed by atoms with Crippen molar-refractivity contribution < 1.29 is 14.1 Å². The first kappa shape index (κ1) is 20.0. The highest BCUT2D eigenvalue weighted by Gasteiger charge is 2.25. The molecule has 0 aliphatic rings. The van der Waals surface area contributed by atoms with E-state index in [1.165, 1.54) is 11.3 Å². The molecule has 0 spiro atoms. The minimum absolute atomic E-state index is 0.233. The highest BCUT2D eigenvalue weighted by Crippen LogP contribution is 2.33. The largest absolute Gasteiger partial charge is 0.497 e. The Kier molecular flexibility index (Phi) is 5.39. The van der Waals surface area contributed by atoms with Gasteiger partial charge >= 0.3 is 0 Å². The second-order valence-corrected chi connectivity index (χ2v) is 8.16. The second-order valence-electron chi connectivity index (χ2n) is 7.15. The molecule has 0 saturated heterocycles. The van der Waals surface area contributed by atoms with Crippen molar-refractivity contribution >= 4 is 32.6 Å². The van der Waals surface area contributed by atoms with Gasteiger partial charge in [-0.2, -0.15) is 0 Å². The molecule has 0 atom stereocenters. The topological polar surface area (TPSA) is 68.5 Å². The number of benzene rings is 3. The molecule has 1 amide bonds. The third-order valence-electron chi connectivity index (χ3n) is 5.03. The lowest BCUT2D eigenvalue weighted by Gasteiger charge is -2.18. The second kappa shape index (κ2) is 8.64. The summed E-state index contributed by atoms with van der Waals surface area (Å²) in [6.45, 7) is 0.365. The van der Waals surface area contributed by atoms with Gasteiger partial charge in [0.15, 0.2) is 16.6 Å². The Bertz CT molecular complexity index is 1360. The van der Waals surface area contributed by atoms with Crippen LogP contribution >= 0.6 is 11.3 Å². The molecule has 158 valence electrons. The fourth-order valence-corrected chi connectivity index (χ4v) is 4.33. The summed E-state index contributed by atoms with van der Waals surface area (Å²) in [4.78, 5) is 19.9. The lowest BCUT2D eigenvalue weighted by Crippen LogP contribution is -2.30. The number of aromatic nitrogens is 2. The smallest absolute Gasteiger partial charge is 0.282 e. The van der Waals surface area contributed by atoms with Gasteiger partial charge in [-0.05, 0) is 17.7 Å². The Morgan fingerprint density at radius 1 is 1.00 bits per heavy atom. The first-order chi connectivity index (χ1) is 15.7. The van der Waals surface area contributed by atoms with E-state index in [1.807, 2.05) is 78.9 Å². The van der Waals surface area contributed by atoms with Gasteiger partial charge < -0.3 is 9.26 Å². The maximum atomic E-state index is 13.5. The van der Waals surface area contributed by atoms with Crippen LogP contribution in [-0.4, -0.2) is 23.2 Å². The first-order valence-electron chi connectivity index (χ1n) is 10.0. The SMILES string of the molecule is COc1ccc2sc(N(Cc3ccccc3)C(=O)c3cc(-c4ccccc4)on3)nc2c1. The van der Waals surface area contributed by atoms with Gasteiger partial charge in [0, 0.05) is 17.7 Å². The van der Waals surface area contributed by atoms with Crippen LogP contribution in [-0.2, 0) is 6.54 Å². The van der Waals surface area contributed by atoms with Gasteiger partial charge in [0.25, 0.3) is 5.91 Å². The third-order valence-corrected chi connectivity index (χ3v) is 6.09. The van der Waals surface area contributed by atoms with Gasteiger partial charge in [0.2, 0.25) is 0 Å². The Morgan fingerprint density at radius 3 is 2.50 bits per heavy atom. The molecule has 7 heteroatoms. The van der Waals surface area contributed by atoms with E-state index < -0.39 is 0 Å². The number of hydrogen-bond donors (Lipinski definition) is 0. The number of fused-ring (bicyclic) bond motifs is 1. The van der Waals surface area contributed by atoms with Crippen molar-refractivity contribution in [3.63, 3.8) is 0 Å². The summed E-state index contributed by atoms with van der Waals surface area (Å²) < 4.78 is 11.7. The van der Waals surface area contributed by atoms with Crippen molar-refractivity contribution in [2.45, 2.75) is 6.54 Å². The van der Waals surface area contributed by atoms with Crippen molar-refractivity contribution in [1.29, 1.82) is 0 Å². The number of carbonyl (C=O) groups is 1. The molecule has 0 unspecified atom stereocenters. The van der Waals surface area contributed by atoms with E-state index in [9.17, 15) is 4.79 Å². The Labute approximate surface area is 188 Å². The van der Waals surface area contributed by atoms with Crippen LogP contribution in [0.15, 0.2) is 89.5 Å². The Balaban J connectivity index is 1.53. The lowest BCUT2D eigenvalue weighted by molar-refractivity contribution is 0.0976. The van der Waals surface area contributed by atoms with E-state index in [4.69, 9.17) is 14.2 Å². The van der Waals surface area contributed by atoms with Crippen molar-refractivity contribution in [3.8, 4) is 17.1 Å². The van der Waals surface area contributed by atoms with Crippen LogP contribution in [0.1, 0.15) is 16.1 Å². The minimum Gasteiger partial charge on any atom is -0.497 e. The van der Waals surface area contributed by atoms with Crippen LogP contribution in [0.3, 0.4) is 0 Å². The standard InChI is InChI=1S/C25H19N3O3S/c1-30-19-12-13-23-20(14-19)26-25(32-23)28(16-17-8-4-2-5-9-17)24(29)21-15-22(31-27-21)18-10-6-3-7-11-18/h2-15H,16H2,1H3. The van der Waals surface area contributed by atoms with Gasteiger partial charge in [0.05, 0.1) is 23.9 Å². The minimum atomic E-state index is -0.272. The number of amides is 1. The molecule has 0 bridgehead atoms. The van der Waals surface area contributed by atoms with Gasteiger partial charge in [-0.25, -0.2) is 4.98 Å².